The fourth-order valence-electron chi connectivity index (χ4n) is 4.02. The second kappa shape index (κ2) is 8.94. The van der Waals surface area contributed by atoms with E-state index in [0.717, 1.165) is 12.8 Å². The molecule has 4 aromatic heterocycles. The van der Waals surface area contributed by atoms with E-state index in [1.807, 2.05) is 6.92 Å². The lowest BCUT2D eigenvalue weighted by Crippen LogP contribution is -2.29. The molecule has 194 valence electrons. The fourth-order valence-corrected chi connectivity index (χ4v) is 5.33. The predicted octanol–water partition coefficient (Wildman–Crippen LogP) is 3.39. The standard InChI is InChI=1S/C25H29N7O4S/c1-15(23-26-9-6-10-27-23)29-24(33)18-11-17(30-32(18)16-7-8-16)19-13-28-22-12-20(36-5)21(14-31(19)22)37(34,35)25(2,3)4/h6,9-16H,7-8H2,1-5H3,(H,29,33)/t15-/m1/s1. The SMILES string of the molecule is COc1cc2ncc(-c3cc(C(=O)N[C@H](C)c4ncccn4)n(C4CC4)n3)n2cc1S(=O)(=O)C(C)(C)C. The van der Waals surface area contributed by atoms with E-state index in [4.69, 9.17) is 9.84 Å². The molecule has 0 unspecified atom stereocenters. The van der Waals surface area contributed by atoms with E-state index < -0.39 is 20.6 Å². The Bertz CT molecular complexity index is 1580. The van der Waals surface area contributed by atoms with Crippen LogP contribution in [0, 0.1) is 0 Å². The molecular formula is C25H29N7O4S. The molecule has 12 heteroatoms. The third kappa shape index (κ3) is 4.45. The van der Waals surface area contributed by atoms with Gasteiger partial charge < -0.3 is 10.1 Å². The number of imidazole rings is 1. The van der Waals surface area contributed by atoms with Gasteiger partial charge in [-0.3, -0.25) is 13.9 Å². The van der Waals surface area contributed by atoms with Crippen molar-refractivity contribution in [2.45, 2.75) is 62.3 Å². The molecule has 4 aromatic rings. The van der Waals surface area contributed by atoms with Gasteiger partial charge in [0.2, 0.25) is 0 Å². The van der Waals surface area contributed by atoms with E-state index >= 15 is 0 Å². The van der Waals surface area contributed by atoms with Gasteiger partial charge in [0.15, 0.2) is 9.84 Å². The number of carbonyl (C=O) groups is 1. The van der Waals surface area contributed by atoms with Gasteiger partial charge in [-0.2, -0.15) is 5.10 Å². The minimum Gasteiger partial charge on any atom is -0.495 e. The quantitative estimate of drug-likeness (QED) is 0.390. The number of ether oxygens (including phenoxy) is 1. The van der Waals surface area contributed by atoms with E-state index in [1.165, 1.54) is 13.3 Å². The molecule has 1 atom stereocenters. The summed E-state index contributed by atoms with van der Waals surface area (Å²) in [7, 11) is -2.29. The summed E-state index contributed by atoms with van der Waals surface area (Å²) < 4.78 is 34.4. The van der Waals surface area contributed by atoms with Crippen LogP contribution >= 0.6 is 0 Å². The summed E-state index contributed by atoms with van der Waals surface area (Å²) >= 11 is 0. The van der Waals surface area contributed by atoms with Crippen molar-refractivity contribution in [2.24, 2.45) is 0 Å². The molecule has 1 fully saturated rings. The molecule has 1 N–H and O–H groups in total. The van der Waals surface area contributed by atoms with Gasteiger partial charge in [0.25, 0.3) is 5.91 Å². The van der Waals surface area contributed by atoms with Crippen LogP contribution < -0.4 is 10.1 Å². The summed E-state index contributed by atoms with van der Waals surface area (Å²) in [5, 5.41) is 7.68. The predicted molar refractivity (Wildman–Crippen MR) is 136 cm³/mol. The van der Waals surface area contributed by atoms with Gasteiger partial charge in [-0.1, -0.05) is 0 Å². The first-order valence-electron chi connectivity index (χ1n) is 12.0. The molecule has 0 aliphatic heterocycles. The molecule has 0 bridgehead atoms. The Morgan fingerprint density at radius 3 is 2.49 bits per heavy atom. The summed E-state index contributed by atoms with van der Waals surface area (Å²) in [4.78, 5) is 26.2. The first-order valence-corrected chi connectivity index (χ1v) is 13.5. The van der Waals surface area contributed by atoms with Crippen LogP contribution in [0.5, 0.6) is 5.75 Å². The van der Waals surface area contributed by atoms with E-state index in [9.17, 15) is 13.2 Å². The highest BCUT2D eigenvalue weighted by Crippen LogP contribution is 2.38. The van der Waals surface area contributed by atoms with E-state index in [-0.39, 0.29) is 22.6 Å². The van der Waals surface area contributed by atoms with Gasteiger partial charge >= 0.3 is 0 Å². The van der Waals surface area contributed by atoms with Crippen LogP contribution in [0.1, 0.15) is 68.9 Å². The summed E-state index contributed by atoms with van der Waals surface area (Å²) in [6, 6.07) is 4.75. The topological polar surface area (TPSA) is 133 Å². The van der Waals surface area contributed by atoms with Gasteiger partial charge in [-0.05, 0) is 52.7 Å². The number of nitrogens with zero attached hydrogens (tertiary/aromatic N) is 6. The number of carbonyl (C=O) groups excluding carboxylic acids is 1. The number of methoxy groups -OCH3 is 1. The van der Waals surface area contributed by atoms with Crippen molar-refractivity contribution < 1.29 is 17.9 Å². The summed E-state index contributed by atoms with van der Waals surface area (Å²) in [6.45, 7) is 6.75. The number of fused-ring (bicyclic) bond motifs is 1. The summed E-state index contributed by atoms with van der Waals surface area (Å²) in [5.41, 5.74) is 1.99. The maximum atomic E-state index is 13.3. The minimum atomic E-state index is -3.72. The zero-order valence-electron chi connectivity index (χ0n) is 21.3. The molecule has 0 spiro atoms. The maximum absolute atomic E-state index is 13.3. The number of aromatic nitrogens is 6. The largest absolute Gasteiger partial charge is 0.495 e. The van der Waals surface area contributed by atoms with Gasteiger partial charge in [0.05, 0.1) is 35.8 Å². The first-order chi connectivity index (χ1) is 17.5. The Kier molecular flexibility index (Phi) is 6.01. The van der Waals surface area contributed by atoms with Crippen LogP contribution in [0.15, 0.2) is 47.9 Å². The molecule has 37 heavy (non-hydrogen) atoms. The number of pyridine rings is 1. The highest BCUT2D eigenvalue weighted by atomic mass is 32.2. The maximum Gasteiger partial charge on any atom is 0.270 e. The third-order valence-electron chi connectivity index (χ3n) is 6.33. The van der Waals surface area contributed by atoms with Crippen molar-refractivity contribution in [2.75, 3.05) is 7.11 Å². The zero-order chi connectivity index (χ0) is 26.5. The van der Waals surface area contributed by atoms with E-state index in [0.29, 0.717) is 28.6 Å². The van der Waals surface area contributed by atoms with Crippen LogP contribution in [0.25, 0.3) is 17.0 Å². The molecule has 1 aliphatic carbocycles. The lowest BCUT2D eigenvalue weighted by molar-refractivity contribution is 0.0927. The van der Waals surface area contributed by atoms with Crippen LogP contribution in [0.3, 0.4) is 0 Å². The van der Waals surface area contributed by atoms with Crippen molar-refractivity contribution in [3.63, 3.8) is 0 Å². The van der Waals surface area contributed by atoms with Crippen molar-refractivity contribution >= 4 is 21.4 Å². The minimum absolute atomic E-state index is 0.0607. The van der Waals surface area contributed by atoms with Crippen LogP contribution in [0.2, 0.25) is 0 Å². The smallest absolute Gasteiger partial charge is 0.270 e. The number of rotatable bonds is 7. The van der Waals surface area contributed by atoms with Crippen molar-refractivity contribution in [3.05, 3.63) is 54.5 Å². The van der Waals surface area contributed by atoms with Crippen LogP contribution in [-0.2, 0) is 9.84 Å². The number of hydrogen-bond donors (Lipinski definition) is 1. The molecule has 1 aliphatic rings. The highest BCUT2D eigenvalue weighted by molar-refractivity contribution is 7.92. The second-order valence-corrected chi connectivity index (χ2v) is 12.8. The number of hydrogen-bond acceptors (Lipinski definition) is 8. The Labute approximate surface area is 214 Å². The average Bonchev–Trinajstić information content (AvgIpc) is 3.48. The lowest BCUT2D eigenvalue weighted by Gasteiger charge is -2.21. The van der Waals surface area contributed by atoms with Crippen molar-refractivity contribution in [1.82, 2.24) is 34.4 Å². The normalized spacial score (nSPS) is 15.1. The molecule has 11 nitrogen and oxygen atoms in total. The molecule has 0 radical (unpaired) electrons. The summed E-state index contributed by atoms with van der Waals surface area (Å²) in [6.07, 6.45) is 8.25. The molecule has 1 amide bonds. The van der Waals surface area contributed by atoms with Gasteiger partial charge in [-0.15, -0.1) is 0 Å². The van der Waals surface area contributed by atoms with Crippen molar-refractivity contribution in [1.29, 1.82) is 0 Å². The van der Waals surface area contributed by atoms with Crippen LogP contribution in [0.4, 0.5) is 0 Å². The van der Waals surface area contributed by atoms with Crippen molar-refractivity contribution in [3.8, 4) is 17.1 Å². The Morgan fingerprint density at radius 1 is 1.16 bits per heavy atom. The molecule has 1 saturated carbocycles. The van der Waals surface area contributed by atoms with E-state index in [2.05, 4.69) is 20.3 Å². The molecule has 5 rings (SSSR count). The molecule has 4 heterocycles. The zero-order valence-corrected chi connectivity index (χ0v) is 22.2. The van der Waals surface area contributed by atoms with Crippen LogP contribution in [-0.4, -0.2) is 55.3 Å². The third-order valence-corrected chi connectivity index (χ3v) is 8.83. The monoisotopic (exact) mass is 523 g/mol. The fraction of sp³-hybridized carbons (Fsp3) is 0.400. The lowest BCUT2D eigenvalue weighted by atomic mass is 10.2. The second-order valence-electron chi connectivity index (χ2n) is 10.1. The number of amides is 1. The Morgan fingerprint density at radius 2 is 1.86 bits per heavy atom. The highest BCUT2D eigenvalue weighted by Gasteiger charge is 2.35. The van der Waals surface area contributed by atoms with Gasteiger partial charge in [0, 0.05) is 24.7 Å². The first kappa shape index (κ1) is 24.9. The summed E-state index contributed by atoms with van der Waals surface area (Å²) in [5.74, 6) is 0.439. The van der Waals surface area contributed by atoms with Gasteiger partial charge in [0.1, 0.15) is 33.5 Å². The average molecular weight is 524 g/mol. The van der Waals surface area contributed by atoms with E-state index in [1.54, 1.807) is 66.6 Å². The Balaban J connectivity index is 1.56. The number of sulfone groups is 1. The Hall–Kier alpha value is -3.80. The van der Waals surface area contributed by atoms with Gasteiger partial charge in [-0.25, -0.2) is 23.4 Å². The number of nitrogens with one attached hydrogen (secondary N) is 1. The molecule has 0 aromatic carbocycles. The molecular weight excluding hydrogens is 494 g/mol. The molecule has 0 saturated heterocycles.